The first-order chi connectivity index (χ1) is 10.0. The fourth-order valence-corrected chi connectivity index (χ4v) is 1.94. The maximum absolute atomic E-state index is 12.2. The molecule has 0 unspecified atom stereocenters. The molecular weight excluding hydrogens is 278 g/mol. The van der Waals surface area contributed by atoms with Gasteiger partial charge in [-0.05, 0) is 30.7 Å². The SMILES string of the molecule is Cc1cc(-c2cccc(OCC(F)F)c2)c(C#N)c(=O)[nH]1. The van der Waals surface area contributed by atoms with E-state index >= 15 is 0 Å². The number of aromatic amines is 1. The lowest BCUT2D eigenvalue weighted by Crippen LogP contribution is -2.12. The molecule has 4 nitrogen and oxygen atoms in total. The number of aryl methyl sites for hydroxylation is 1. The van der Waals surface area contributed by atoms with E-state index in [2.05, 4.69) is 4.98 Å². The molecule has 0 aliphatic carbocycles. The van der Waals surface area contributed by atoms with E-state index in [-0.39, 0.29) is 11.3 Å². The number of nitrogens with one attached hydrogen (secondary N) is 1. The number of hydrogen-bond donors (Lipinski definition) is 1. The first kappa shape index (κ1) is 14.7. The Morgan fingerprint density at radius 3 is 2.81 bits per heavy atom. The molecule has 108 valence electrons. The van der Waals surface area contributed by atoms with Crippen molar-refractivity contribution in [3.05, 3.63) is 51.9 Å². The number of alkyl halides is 2. The molecule has 6 heteroatoms. The molecule has 0 bridgehead atoms. The Morgan fingerprint density at radius 1 is 1.38 bits per heavy atom. The zero-order valence-corrected chi connectivity index (χ0v) is 11.2. The summed E-state index contributed by atoms with van der Waals surface area (Å²) >= 11 is 0. The summed E-state index contributed by atoms with van der Waals surface area (Å²) in [7, 11) is 0. The van der Waals surface area contributed by atoms with E-state index in [1.165, 1.54) is 12.1 Å². The number of benzene rings is 1. The number of nitriles is 1. The van der Waals surface area contributed by atoms with Crippen LogP contribution in [-0.2, 0) is 0 Å². The van der Waals surface area contributed by atoms with Gasteiger partial charge in [0.05, 0.1) is 0 Å². The number of aromatic nitrogens is 1. The van der Waals surface area contributed by atoms with Crippen molar-refractivity contribution in [1.82, 2.24) is 4.98 Å². The summed E-state index contributed by atoms with van der Waals surface area (Å²) in [6, 6.07) is 9.88. The molecule has 0 amide bonds. The van der Waals surface area contributed by atoms with Gasteiger partial charge in [-0.1, -0.05) is 12.1 Å². The lowest BCUT2D eigenvalue weighted by atomic mass is 10.0. The molecule has 21 heavy (non-hydrogen) atoms. The number of H-pyrrole nitrogens is 1. The van der Waals surface area contributed by atoms with Gasteiger partial charge in [0.25, 0.3) is 12.0 Å². The number of pyridine rings is 1. The Morgan fingerprint density at radius 2 is 2.14 bits per heavy atom. The average molecular weight is 290 g/mol. The van der Waals surface area contributed by atoms with Crippen LogP contribution in [0.3, 0.4) is 0 Å². The topological polar surface area (TPSA) is 65.9 Å². The van der Waals surface area contributed by atoms with Crippen molar-refractivity contribution >= 4 is 0 Å². The molecule has 2 rings (SSSR count). The molecule has 1 heterocycles. The predicted octanol–water partition coefficient (Wildman–Crippen LogP) is 2.87. The summed E-state index contributed by atoms with van der Waals surface area (Å²) in [4.78, 5) is 14.3. The normalized spacial score (nSPS) is 10.4. The molecular formula is C15H12F2N2O2. The third kappa shape index (κ3) is 3.45. The average Bonchev–Trinajstić information content (AvgIpc) is 2.44. The van der Waals surface area contributed by atoms with Crippen molar-refractivity contribution in [2.45, 2.75) is 13.3 Å². The van der Waals surface area contributed by atoms with Crippen LogP contribution in [0.25, 0.3) is 11.1 Å². The van der Waals surface area contributed by atoms with Gasteiger partial charge in [-0.2, -0.15) is 5.26 Å². The molecule has 1 N–H and O–H groups in total. The Kier molecular flexibility index (Phi) is 4.33. The zero-order valence-electron chi connectivity index (χ0n) is 11.2. The maximum atomic E-state index is 12.2. The van der Waals surface area contributed by atoms with Crippen molar-refractivity contribution in [3.63, 3.8) is 0 Å². The lowest BCUT2D eigenvalue weighted by Gasteiger charge is -2.09. The van der Waals surface area contributed by atoms with Crippen LogP contribution < -0.4 is 10.3 Å². The first-order valence-electron chi connectivity index (χ1n) is 6.16. The van der Waals surface area contributed by atoms with E-state index in [0.29, 0.717) is 16.8 Å². The minimum Gasteiger partial charge on any atom is -0.488 e. The van der Waals surface area contributed by atoms with Crippen LogP contribution in [0, 0.1) is 18.3 Å². The fraction of sp³-hybridized carbons (Fsp3) is 0.200. The van der Waals surface area contributed by atoms with Crippen molar-refractivity contribution in [1.29, 1.82) is 5.26 Å². The molecule has 0 radical (unpaired) electrons. The highest BCUT2D eigenvalue weighted by Gasteiger charge is 2.11. The third-order valence-corrected chi connectivity index (χ3v) is 2.80. The van der Waals surface area contributed by atoms with E-state index < -0.39 is 18.6 Å². The van der Waals surface area contributed by atoms with Crippen LogP contribution in [0.1, 0.15) is 11.3 Å². The van der Waals surface area contributed by atoms with Crippen LogP contribution >= 0.6 is 0 Å². The second-order valence-electron chi connectivity index (χ2n) is 4.41. The Labute approximate surface area is 119 Å². The van der Waals surface area contributed by atoms with E-state index in [4.69, 9.17) is 10.00 Å². The van der Waals surface area contributed by atoms with Crippen molar-refractivity contribution in [3.8, 4) is 22.9 Å². The molecule has 0 aliphatic rings. The summed E-state index contributed by atoms with van der Waals surface area (Å²) in [6.45, 7) is 0.992. The van der Waals surface area contributed by atoms with Crippen LogP contribution in [0.4, 0.5) is 8.78 Å². The van der Waals surface area contributed by atoms with Crippen LogP contribution in [-0.4, -0.2) is 18.0 Å². The van der Waals surface area contributed by atoms with Gasteiger partial charge in [0.15, 0.2) is 0 Å². The van der Waals surface area contributed by atoms with Gasteiger partial charge in [0.1, 0.15) is 24.0 Å². The Balaban J connectivity index is 2.46. The second-order valence-corrected chi connectivity index (χ2v) is 4.41. The molecule has 0 aliphatic heterocycles. The smallest absolute Gasteiger partial charge is 0.272 e. The molecule has 0 saturated carbocycles. The largest absolute Gasteiger partial charge is 0.488 e. The molecule has 1 aromatic carbocycles. The van der Waals surface area contributed by atoms with Crippen molar-refractivity contribution in [2.75, 3.05) is 6.61 Å². The number of ether oxygens (including phenoxy) is 1. The van der Waals surface area contributed by atoms with Crippen LogP contribution in [0.2, 0.25) is 0 Å². The molecule has 0 fully saturated rings. The van der Waals surface area contributed by atoms with Crippen molar-refractivity contribution < 1.29 is 13.5 Å². The monoisotopic (exact) mass is 290 g/mol. The quantitative estimate of drug-likeness (QED) is 0.941. The van der Waals surface area contributed by atoms with E-state index in [1.54, 1.807) is 25.1 Å². The highest BCUT2D eigenvalue weighted by molar-refractivity contribution is 5.71. The number of nitrogens with zero attached hydrogens (tertiary/aromatic N) is 1. The van der Waals surface area contributed by atoms with Gasteiger partial charge >= 0.3 is 0 Å². The first-order valence-corrected chi connectivity index (χ1v) is 6.16. The number of hydrogen-bond acceptors (Lipinski definition) is 3. The van der Waals surface area contributed by atoms with Gasteiger partial charge < -0.3 is 9.72 Å². The standard InChI is InChI=1S/C15H12F2N2O2/c1-9-5-12(13(7-18)15(20)19-9)10-3-2-4-11(6-10)21-8-14(16)17/h2-6,14H,8H2,1H3,(H,19,20). The summed E-state index contributed by atoms with van der Waals surface area (Å²) in [5.74, 6) is 0.259. The maximum Gasteiger partial charge on any atom is 0.272 e. The van der Waals surface area contributed by atoms with Gasteiger partial charge in [0, 0.05) is 11.3 Å². The minimum absolute atomic E-state index is 0.0217. The Bertz CT molecular complexity index is 748. The highest BCUT2D eigenvalue weighted by atomic mass is 19.3. The molecule has 0 spiro atoms. The summed E-state index contributed by atoms with van der Waals surface area (Å²) in [5.41, 5.74) is 1.11. The van der Waals surface area contributed by atoms with Crippen LogP contribution in [0.15, 0.2) is 35.1 Å². The van der Waals surface area contributed by atoms with Crippen molar-refractivity contribution in [2.24, 2.45) is 0 Å². The summed E-state index contributed by atoms with van der Waals surface area (Å²) in [6.07, 6.45) is -2.56. The number of rotatable bonds is 4. The minimum atomic E-state index is -2.56. The second kappa shape index (κ2) is 6.18. The fourth-order valence-electron chi connectivity index (χ4n) is 1.94. The highest BCUT2D eigenvalue weighted by Crippen LogP contribution is 2.26. The Hall–Kier alpha value is -2.68. The summed E-state index contributed by atoms with van der Waals surface area (Å²) in [5, 5.41) is 9.10. The zero-order chi connectivity index (χ0) is 15.4. The number of halogens is 2. The third-order valence-electron chi connectivity index (χ3n) is 2.80. The predicted molar refractivity (Wildman–Crippen MR) is 73.4 cm³/mol. The molecule has 2 aromatic rings. The lowest BCUT2D eigenvalue weighted by molar-refractivity contribution is 0.0819. The van der Waals surface area contributed by atoms with E-state index in [0.717, 1.165) is 0 Å². The molecule has 0 atom stereocenters. The van der Waals surface area contributed by atoms with Crippen LogP contribution in [0.5, 0.6) is 5.75 Å². The van der Waals surface area contributed by atoms with E-state index in [1.807, 2.05) is 6.07 Å². The van der Waals surface area contributed by atoms with Gasteiger partial charge in [-0.15, -0.1) is 0 Å². The van der Waals surface area contributed by atoms with Gasteiger partial charge in [-0.25, -0.2) is 8.78 Å². The van der Waals surface area contributed by atoms with E-state index in [9.17, 15) is 13.6 Å². The summed E-state index contributed by atoms with van der Waals surface area (Å²) < 4.78 is 29.3. The van der Waals surface area contributed by atoms with Gasteiger partial charge in [-0.3, -0.25) is 4.79 Å². The molecule has 1 aromatic heterocycles. The molecule has 0 saturated heterocycles. The van der Waals surface area contributed by atoms with Gasteiger partial charge in [0.2, 0.25) is 0 Å².